The van der Waals surface area contributed by atoms with Crippen LogP contribution in [0.3, 0.4) is 0 Å². The standard InChI is InChI=1S/C25H24N4O2S/c1-2-7-17(8-3-1)19-16-32-24-21(19)23(27-22(28-24)20-10-4-5-11-26-20)29-12-6-9-18(15-29)25-30-13-14-31-25/h1-5,7-8,10-11,16,18,25H,6,9,12-15H2. The summed E-state index contributed by atoms with van der Waals surface area (Å²) in [7, 11) is 0. The molecule has 7 heteroatoms. The summed E-state index contributed by atoms with van der Waals surface area (Å²) in [6.45, 7) is 3.19. The first-order chi connectivity index (χ1) is 15.9. The van der Waals surface area contributed by atoms with Crippen LogP contribution in [0.2, 0.25) is 0 Å². The summed E-state index contributed by atoms with van der Waals surface area (Å²) in [6.07, 6.45) is 3.88. The van der Waals surface area contributed by atoms with Gasteiger partial charge in [0.2, 0.25) is 0 Å². The Morgan fingerprint density at radius 3 is 2.62 bits per heavy atom. The van der Waals surface area contributed by atoms with Crippen LogP contribution in [-0.4, -0.2) is 47.5 Å². The maximum absolute atomic E-state index is 5.85. The topological polar surface area (TPSA) is 60.4 Å². The number of aromatic nitrogens is 3. The van der Waals surface area contributed by atoms with Crippen molar-refractivity contribution in [2.75, 3.05) is 31.2 Å². The van der Waals surface area contributed by atoms with Crippen molar-refractivity contribution < 1.29 is 9.47 Å². The maximum atomic E-state index is 5.85. The molecule has 1 atom stereocenters. The van der Waals surface area contributed by atoms with E-state index in [1.165, 1.54) is 11.1 Å². The predicted octanol–water partition coefficient (Wildman–Crippen LogP) is 5.01. The first-order valence-electron chi connectivity index (χ1n) is 11.1. The minimum absolute atomic E-state index is 0.110. The number of ether oxygens (including phenoxy) is 2. The lowest BCUT2D eigenvalue weighted by atomic mass is 9.96. The van der Waals surface area contributed by atoms with Gasteiger partial charge in [0.15, 0.2) is 12.1 Å². The highest BCUT2D eigenvalue weighted by molar-refractivity contribution is 7.17. The van der Waals surface area contributed by atoms with Gasteiger partial charge in [-0.2, -0.15) is 0 Å². The third kappa shape index (κ3) is 3.66. The van der Waals surface area contributed by atoms with Crippen molar-refractivity contribution in [3.05, 3.63) is 60.1 Å². The number of pyridine rings is 1. The normalized spacial score (nSPS) is 19.6. The zero-order valence-corrected chi connectivity index (χ0v) is 18.5. The van der Waals surface area contributed by atoms with Crippen LogP contribution in [0.4, 0.5) is 5.82 Å². The van der Waals surface area contributed by atoms with Gasteiger partial charge in [-0.25, -0.2) is 9.97 Å². The molecule has 0 bridgehead atoms. The van der Waals surface area contributed by atoms with E-state index in [-0.39, 0.29) is 6.29 Å². The quantitative estimate of drug-likeness (QED) is 0.441. The van der Waals surface area contributed by atoms with Gasteiger partial charge < -0.3 is 14.4 Å². The molecule has 2 aliphatic rings. The van der Waals surface area contributed by atoms with Crippen LogP contribution in [0.5, 0.6) is 0 Å². The van der Waals surface area contributed by atoms with E-state index in [1.54, 1.807) is 17.5 Å². The fourth-order valence-corrected chi connectivity index (χ4v) is 5.61. The first kappa shape index (κ1) is 19.8. The van der Waals surface area contributed by atoms with Gasteiger partial charge >= 0.3 is 0 Å². The molecule has 2 saturated heterocycles. The molecule has 0 aliphatic carbocycles. The summed E-state index contributed by atoms with van der Waals surface area (Å²) in [5.74, 6) is 2.00. The minimum Gasteiger partial charge on any atom is -0.355 e. The molecule has 0 N–H and O–H groups in total. The number of fused-ring (bicyclic) bond motifs is 1. The van der Waals surface area contributed by atoms with Crippen molar-refractivity contribution in [2.45, 2.75) is 19.1 Å². The van der Waals surface area contributed by atoms with Gasteiger partial charge in [-0.1, -0.05) is 36.4 Å². The van der Waals surface area contributed by atoms with Crippen molar-refractivity contribution in [1.29, 1.82) is 0 Å². The molecular formula is C25H24N4O2S. The molecule has 2 aliphatic heterocycles. The Kier molecular flexibility index (Phi) is 5.30. The zero-order valence-electron chi connectivity index (χ0n) is 17.7. The van der Waals surface area contributed by atoms with Crippen LogP contribution in [0.1, 0.15) is 12.8 Å². The maximum Gasteiger partial charge on any atom is 0.181 e. The molecule has 4 aromatic rings. The van der Waals surface area contributed by atoms with Crippen molar-refractivity contribution in [3.8, 4) is 22.6 Å². The molecule has 3 aromatic heterocycles. The SMILES string of the molecule is c1ccc(-c2csc3nc(-c4ccccn4)nc(N4CCCC(C5OCCO5)C4)c23)cc1. The third-order valence-corrected chi connectivity index (χ3v) is 7.06. The second-order valence-electron chi connectivity index (χ2n) is 8.24. The number of hydrogen-bond acceptors (Lipinski definition) is 7. The second-order valence-corrected chi connectivity index (χ2v) is 9.10. The molecule has 2 fully saturated rings. The summed E-state index contributed by atoms with van der Waals surface area (Å²) in [6, 6.07) is 16.4. The van der Waals surface area contributed by atoms with Crippen molar-refractivity contribution in [2.24, 2.45) is 5.92 Å². The number of benzene rings is 1. The van der Waals surface area contributed by atoms with Crippen LogP contribution in [-0.2, 0) is 9.47 Å². The van der Waals surface area contributed by atoms with E-state index in [0.29, 0.717) is 25.0 Å². The van der Waals surface area contributed by atoms with Gasteiger partial charge in [0.1, 0.15) is 16.3 Å². The van der Waals surface area contributed by atoms with Gasteiger partial charge in [-0.3, -0.25) is 4.98 Å². The Labute approximate surface area is 190 Å². The Hall–Kier alpha value is -2.87. The average molecular weight is 445 g/mol. The molecule has 6 rings (SSSR count). The Bertz CT molecular complexity index is 1210. The second kappa shape index (κ2) is 8.58. The lowest BCUT2D eigenvalue weighted by molar-refractivity contribution is -0.0858. The molecule has 1 unspecified atom stereocenters. The van der Waals surface area contributed by atoms with Gasteiger partial charge in [0.25, 0.3) is 0 Å². The van der Waals surface area contributed by atoms with Gasteiger partial charge in [0.05, 0.1) is 18.6 Å². The van der Waals surface area contributed by atoms with Crippen molar-refractivity contribution in [3.63, 3.8) is 0 Å². The van der Waals surface area contributed by atoms with E-state index in [2.05, 4.69) is 39.5 Å². The van der Waals surface area contributed by atoms with E-state index < -0.39 is 0 Å². The van der Waals surface area contributed by atoms with Crippen molar-refractivity contribution >= 4 is 27.4 Å². The summed E-state index contributed by atoms with van der Waals surface area (Å²) in [5.41, 5.74) is 3.16. The molecule has 0 amide bonds. The van der Waals surface area contributed by atoms with E-state index in [1.807, 2.05) is 24.3 Å². The third-order valence-electron chi connectivity index (χ3n) is 6.18. The Morgan fingerprint density at radius 2 is 1.81 bits per heavy atom. The lowest BCUT2D eigenvalue weighted by Crippen LogP contribution is -2.41. The first-order valence-corrected chi connectivity index (χ1v) is 12.0. The zero-order chi connectivity index (χ0) is 21.3. The molecule has 6 nitrogen and oxygen atoms in total. The molecule has 32 heavy (non-hydrogen) atoms. The summed E-state index contributed by atoms with van der Waals surface area (Å²) < 4.78 is 11.7. The van der Waals surface area contributed by atoms with E-state index >= 15 is 0 Å². The fraction of sp³-hybridized carbons (Fsp3) is 0.320. The van der Waals surface area contributed by atoms with Crippen LogP contribution in [0.15, 0.2) is 60.1 Å². The summed E-state index contributed by atoms with van der Waals surface area (Å²) in [4.78, 5) is 17.9. The highest BCUT2D eigenvalue weighted by Gasteiger charge is 2.33. The predicted molar refractivity (Wildman–Crippen MR) is 127 cm³/mol. The van der Waals surface area contributed by atoms with Crippen LogP contribution < -0.4 is 4.90 Å². The van der Waals surface area contributed by atoms with Crippen LogP contribution in [0.25, 0.3) is 32.9 Å². The van der Waals surface area contributed by atoms with Crippen LogP contribution in [0, 0.1) is 5.92 Å². The molecule has 0 radical (unpaired) electrons. The number of nitrogens with zero attached hydrogens (tertiary/aromatic N) is 4. The lowest BCUT2D eigenvalue weighted by Gasteiger charge is -2.36. The number of piperidine rings is 1. The van der Waals surface area contributed by atoms with Gasteiger partial charge in [0, 0.05) is 36.1 Å². The molecule has 162 valence electrons. The summed E-state index contributed by atoms with van der Waals surface area (Å²) >= 11 is 1.67. The summed E-state index contributed by atoms with van der Waals surface area (Å²) in [5, 5.41) is 3.32. The largest absolute Gasteiger partial charge is 0.355 e. The average Bonchev–Trinajstić information content (AvgIpc) is 3.55. The van der Waals surface area contributed by atoms with E-state index in [0.717, 1.165) is 47.7 Å². The smallest absolute Gasteiger partial charge is 0.181 e. The fourth-order valence-electron chi connectivity index (χ4n) is 4.67. The Morgan fingerprint density at radius 1 is 0.969 bits per heavy atom. The highest BCUT2D eigenvalue weighted by atomic mass is 32.1. The van der Waals surface area contributed by atoms with Crippen molar-refractivity contribution in [1.82, 2.24) is 15.0 Å². The molecule has 1 aromatic carbocycles. The number of anilines is 1. The number of hydrogen-bond donors (Lipinski definition) is 0. The van der Waals surface area contributed by atoms with Crippen LogP contribution >= 0.6 is 11.3 Å². The van der Waals surface area contributed by atoms with Gasteiger partial charge in [-0.05, 0) is 30.5 Å². The number of rotatable bonds is 4. The van der Waals surface area contributed by atoms with Gasteiger partial charge in [-0.15, -0.1) is 11.3 Å². The number of thiophene rings is 1. The molecule has 0 saturated carbocycles. The van der Waals surface area contributed by atoms with E-state index in [9.17, 15) is 0 Å². The Balaban J connectivity index is 1.48. The highest BCUT2D eigenvalue weighted by Crippen LogP contribution is 2.40. The minimum atomic E-state index is -0.110. The monoisotopic (exact) mass is 444 g/mol. The van der Waals surface area contributed by atoms with E-state index in [4.69, 9.17) is 19.4 Å². The molecule has 5 heterocycles. The molecular weight excluding hydrogens is 420 g/mol. The molecule has 0 spiro atoms.